The molecule has 0 unspecified atom stereocenters. The van der Waals surface area contributed by atoms with Gasteiger partial charge in [0.15, 0.2) is 5.82 Å². The number of carbonyl (C=O) groups is 1. The number of amides is 1. The van der Waals surface area contributed by atoms with Crippen molar-refractivity contribution in [2.75, 3.05) is 0 Å². The first-order chi connectivity index (χ1) is 5.11. The highest BCUT2D eigenvalue weighted by Crippen LogP contribution is 2.10. The van der Waals surface area contributed by atoms with E-state index in [4.69, 9.17) is 10.8 Å². The number of hydrogen-bond acceptors (Lipinski definition) is 3. The Morgan fingerprint density at radius 1 is 1.73 bits per heavy atom. The minimum Gasteiger partial charge on any atom is -0.493 e. The predicted octanol–water partition coefficient (Wildman–Crippen LogP) is 0.0252. The summed E-state index contributed by atoms with van der Waals surface area (Å²) in [5, 5.41) is 8.70. The standard InChI is InChI=1S/C6H5FN2O2/c7-4-2-9-5(10)1-3(4)6(8)11/h1-2H,(H2,8,11)(H,9,10). The maximum atomic E-state index is 12.5. The van der Waals surface area contributed by atoms with Crippen LogP contribution >= 0.6 is 0 Å². The van der Waals surface area contributed by atoms with Gasteiger partial charge in [0, 0.05) is 6.07 Å². The average molecular weight is 156 g/mol. The van der Waals surface area contributed by atoms with Crippen LogP contribution in [-0.2, 0) is 0 Å². The first-order valence-electron chi connectivity index (χ1n) is 2.75. The van der Waals surface area contributed by atoms with E-state index >= 15 is 0 Å². The van der Waals surface area contributed by atoms with Crippen molar-refractivity contribution in [1.29, 1.82) is 0 Å². The lowest BCUT2D eigenvalue weighted by atomic mass is 10.2. The van der Waals surface area contributed by atoms with Crippen LogP contribution in [0.2, 0.25) is 0 Å². The van der Waals surface area contributed by atoms with E-state index in [1.807, 2.05) is 0 Å². The summed E-state index contributed by atoms with van der Waals surface area (Å²) in [5.74, 6) is -2.20. The lowest BCUT2D eigenvalue weighted by Crippen LogP contribution is -2.13. The Bertz CT molecular complexity index is 301. The fraction of sp³-hybridized carbons (Fsp3) is 0. The van der Waals surface area contributed by atoms with Gasteiger partial charge in [-0.3, -0.25) is 4.79 Å². The second-order valence-corrected chi connectivity index (χ2v) is 1.89. The number of aromatic hydroxyl groups is 1. The largest absolute Gasteiger partial charge is 0.493 e. The topological polar surface area (TPSA) is 76.2 Å². The van der Waals surface area contributed by atoms with E-state index in [0.29, 0.717) is 0 Å². The SMILES string of the molecule is NC(=O)c1cc(O)ncc1F. The van der Waals surface area contributed by atoms with Crippen LogP contribution in [0.25, 0.3) is 0 Å². The first-order valence-corrected chi connectivity index (χ1v) is 2.75. The summed E-state index contributed by atoms with van der Waals surface area (Å²) in [4.78, 5) is 13.6. The van der Waals surface area contributed by atoms with Crippen LogP contribution in [0.15, 0.2) is 12.3 Å². The number of hydrogen-bond donors (Lipinski definition) is 2. The van der Waals surface area contributed by atoms with Gasteiger partial charge in [-0.05, 0) is 0 Å². The molecule has 0 spiro atoms. The molecular formula is C6H5FN2O2. The zero-order chi connectivity index (χ0) is 8.43. The lowest BCUT2D eigenvalue weighted by molar-refractivity contribution is 0.0995. The Hall–Kier alpha value is -1.65. The van der Waals surface area contributed by atoms with Gasteiger partial charge in [0.25, 0.3) is 5.91 Å². The van der Waals surface area contributed by atoms with Gasteiger partial charge in [0.2, 0.25) is 5.88 Å². The summed E-state index contributed by atoms with van der Waals surface area (Å²) in [7, 11) is 0. The van der Waals surface area contributed by atoms with E-state index in [9.17, 15) is 9.18 Å². The molecule has 0 saturated carbocycles. The summed E-state index contributed by atoms with van der Waals surface area (Å²) >= 11 is 0. The lowest BCUT2D eigenvalue weighted by Gasteiger charge is -1.96. The van der Waals surface area contributed by atoms with Crippen LogP contribution in [0.4, 0.5) is 4.39 Å². The zero-order valence-corrected chi connectivity index (χ0v) is 5.41. The molecule has 0 saturated heterocycles. The Balaban J connectivity index is 3.23. The normalized spacial score (nSPS) is 9.55. The summed E-state index contributed by atoms with van der Waals surface area (Å²) in [6.07, 6.45) is 0.732. The number of rotatable bonds is 1. The van der Waals surface area contributed by atoms with Crippen LogP contribution in [0.3, 0.4) is 0 Å². The van der Waals surface area contributed by atoms with Crippen molar-refractivity contribution in [3.05, 3.63) is 23.6 Å². The molecule has 58 valence electrons. The molecule has 0 fully saturated rings. The Morgan fingerprint density at radius 3 is 2.82 bits per heavy atom. The van der Waals surface area contributed by atoms with Crippen molar-refractivity contribution in [2.24, 2.45) is 5.73 Å². The molecule has 4 nitrogen and oxygen atoms in total. The number of halogens is 1. The predicted molar refractivity (Wildman–Crippen MR) is 34.4 cm³/mol. The van der Waals surface area contributed by atoms with Gasteiger partial charge in [0.1, 0.15) is 0 Å². The maximum Gasteiger partial charge on any atom is 0.251 e. The molecular weight excluding hydrogens is 151 g/mol. The second kappa shape index (κ2) is 2.53. The molecule has 0 bridgehead atoms. The van der Waals surface area contributed by atoms with Crippen LogP contribution in [0.1, 0.15) is 10.4 Å². The summed E-state index contributed by atoms with van der Waals surface area (Å²) in [5.41, 5.74) is 4.40. The van der Waals surface area contributed by atoms with Crippen LogP contribution in [0, 0.1) is 5.82 Å². The monoisotopic (exact) mass is 156 g/mol. The van der Waals surface area contributed by atoms with Gasteiger partial charge >= 0.3 is 0 Å². The number of aromatic nitrogens is 1. The summed E-state index contributed by atoms with van der Waals surface area (Å²) in [6.45, 7) is 0. The van der Waals surface area contributed by atoms with Crippen molar-refractivity contribution in [2.45, 2.75) is 0 Å². The highest BCUT2D eigenvalue weighted by Gasteiger charge is 2.08. The highest BCUT2D eigenvalue weighted by molar-refractivity contribution is 5.93. The van der Waals surface area contributed by atoms with E-state index in [1.54, 1.807) is 0 Å². The van der Waals surface area contributed by atoms with Crippen molar-refractivity contribution in [1.82, 2.24) is 4.98 Å². The fourth-order valence-corrected chi connectivity index (χ4v) is 0.616. The molecule has 5 heteroatoms. The van der Waals surface area contributed by atoms with E-state index in [2.05, 4.69) is 4.98 Å². The molecule has 0 aliphatic rings. The first kappa shape index (κ1) is 7.46. The summed E-state index contributed by atoms with van der Waals surface area (Å²) in [6, 6.07) is 0.873. The molecule has 0 aliphatic carbocycles. The molecule has 0 aromatic carbocycles. The van der Waals surface area contributed by atoms with Crippen LogP contribution in [-0.4, -0.2) is 16.0 Å². The number of primary amides is 1. The third-order valence-corrected chi connectivity index (χ3v) is 1.11. The quantitative estimate of drug-likeness (QED) is 0.602. The molecule has 1 aromatic rings. The van der Waals surface area contributed by atoms with Gasteiger partial charge in [-0.1, -0.05) is 0 Å². The maximum absolute atomic E-state index is 12.5. The van der Waals surface area contributed by atoms with Gasteiger partial charge < -0.3 is 10.8 Å². The molecule has 11 heavy (non-hydrogen) atoms. The number of nitrogens with two attached hydrogens (primary N) is 1. The molecule has 1 heterocycles. The Morgan fingerprint density at radius 2 is 2.36 bits per heavy atom. The van der Waals surface area contributed by atoms with Crippen molar-refractivity contribution >= 4 is 5.91 Å². The Kier molecular flexibility index (Phi) is 1.72. The third-order valence-electron chi connectivity index (χ3n) is 1.11. The van der Waals surface area contributed by atoms with Crippen molar-refractivity contribution in [3.63, 3.8) is 0 Å². The molecule has 3 N–H and O–H groups in total. The van der Waals surface area contributed by atoms with Crippen molar-refractivity contribution < 1.29 is 14.3 Å². The smallest absolute Gasteiger partial charge is 0.251 e. The number of carbonyl (C=O) groups excluding carboxylic acids is 1. The van der Waals surface area contributed by atoms with E-state index in [1.165, 1.54) is 0 Å². The van der Waals surface area contributed by atoms with Gasteiger partial charge in [0.05, 0.1) is 11.8 Å². The molecule has 0 radical (unpaired) electrons. The van der Waals surface area contributed by atoms with Gasteiger partial charge in [-0.2, -0.15) is 0 Å². The number of pyridine rings is 1. The molecule has 1 amide bonds. The van der Waals surface area contributed by atoms with Gasteiger partial charge in [-0.15, -0.1) is 0 Å². The zero-order valence-electron chi connectivity index (χ0n) is 5.41. The van der Waals surface area contributed by atoms with Crippen LogP contribution < -0.4 is 5.73 Å². The third kappa shape index (κ3) is 1.43. The molecule has 1 rings (SSSR count). The van der Waals surface area contributed by atoms with Crippen LogP contribution in [0.5, 0.6) is 5.88 Å². The van der Waals surface area contributed by atoms with E-state index in [0.717, 1.165) is 12.3 Å². The number of nitrogens with zero attached hydrogens (tertiary/aromatic N) is 1. The summed E-state index contributed by atoms with van der Waals surface area (Å²) < 4.78 is 12.5. The van der Waals surface area contributed by atoms with E-state index < -0.39 is 17.6 Å². The Labute approximate surface area is 61.5 Å². The minimum absolute atomic E-state index is 0.363. The minimum atomic E-state index is -0.930. The average Bonchev–Trinajstić information content (AvgIpc) is 1.94. The highest BCUT2D eigenvalue weighted by atomic mass is 19.1. The van der Waals surface area contributed by atoms with Crippen molar-refractivity contribution in [3.8, 4) is 5.88 Å². The van der Waals surface area contributed by atoms with E-state index in [-0.39, 0.29) is 5.56 Å². The fourth-order valence-electron chi connectivity index (χ4n) is 0.616. The molecule has 0 aliphatic heterocycles. The van der Waals surface area contributed by atoms with Gasteiger partial charge in [-0.25, -0.2) is 9.37 Å². The molecule has 0 atom stereocenters. The second-order valence-electron chi connectivity index (χ2n) is 1.89. The molecule has 1 aromatic heterocycles.